The van der Waals surface area contributed by atoms with E-state index in [-0.39, 0.29) is 49.9 Å². The van der Waals surface area contributed by atoms with E-state index in [4.69, 9.17) is 4.74 Å². The highest BCUT2D eigenvalue weighted by Gasteiger charge is 2.30. The van der Waals surface area contributed by atoms with Gasteiger partial charge in [-0.3, -0.25) is 14.4 Å². The van der Waals surface area contributed by atoms with E-state index < -0.39 is 35.7 Å². The minimum Gasteiger partial charge on any atom is -0.483 e. The summed E-state index contributed by atoms with van der Waals surface area (Å²) < 4.78 is 43.9. The fourth-order valence-corrected chi connectivity index (χ4v) is 4.86. The summed E-state index contributed by atoms with van der Waals surface area (Å²) in [5, 5.41) is 18.0. The Kier molecular flexibility index (Phi) is 22.4. The maximum absolute atomic E-state index is 12.8. The van der Waals surface area contributed by atoms with Gasteiger partial charge in [0.1, 0.15) is 11.8 Å². The van der Waals surface area contributed by atoms with Crippen LogP contribution in [0.15, 0.2) is 103 Å². The number of ether oxygens (including phenoxy) is 1. The molecular weight excluding hydrogens is 707 g/mol. The van der Waals surface area contributed by atoms with Crippen molar-refractivity contribution in [3.05, 3.63) is 137 Å². The Morgan fingerprint density at radius 1 is 0.727 bits per heavy atom. The summed E-state index contributed by atoms with van der Waals surface area (Å²) in [6, 6.07) is 28.9. The van der Waals surface area contributed by atoms with Crippen LogP contribution < -0.4 is 20.7 Å². The molecule has 4 rings (SSSR count). The molecule has 0 aliphatic carbocycles. The summed E-state index contributed by atoms with van der Waals surface area (Å²) in [5.74, 6) is -0.891. The third-order valence-electron chi connectivity index (χ3n) is 7.75. The first-order valence-corrected chi connectivity index (χ1v) is 18.5. The van der Waals surface area contributed by atoms with Crippen molar-refractivity contribution in [3.8, 4) is 5.75 Å². The van der Waals surface area contributed by atoms with Gasteiger partial charge in [-0.2, -0.15) is 13.2 Å². The number of halogens is 3. The molecule has 4 aromatic rings. The van der Waals surface area contributed by atoms with Crippen molar-refractivity contribution in [2.24, 2.45) is 5.92 Å². The minimum atomic E-state index is -4.52. The molecule has 55 heavy (non-hydrogen) atoms. The lowest BCUT2D eigenvalue weighted by Crippen LogP contribution is -2.49. The van der Waals surface area contributed by atoms with E-state index in [2.05, 4.69) is 54.1 Å². The number of aryl methyl sites for hydroxylation is 4. The number of hydrogen-bond acceptors (Lipinski definition) is 5. The molecule has 0 saturated heterocycles. The summed E-state index contributed by atoms with van der Waals surface area (Å²) in [7, 11) is 0. The molecule has 0 aliphatic heterocycles. The van der Waals surface area contributed by atoms with Crippen molar-refractivity contribution in [1.82, 2.24) is 16.0 Å². The molecule has 4 aromatic carbocycles. The molecule has 11 heteroatoms. The number of amides is 3. The SMILES string of the molecule is CC.Cc1cccc(C)c1OCC(=O)NCC[C@H](O)CNC(=O)[C@H](CC(C)C)NC(=O)c1ccc(C(F)(F)F)cc1.Cc1ccccc1.Cc1ccccc1. The largest absolute Gasteiger partial charge is 0.483 e. The molecule has 300 valence electrons. The maximum Gasteiger partial charge on any atom is 0.416 e. The monoisotopic (exact) mass is 765 g/mol. The van der Waals surface area contributed by atoms with E-state index in [0.29, 0.717) is 5.75 Å². The fraction of sp³-hybridized carbons (Fsp3) is 0.386. The van der Waals surface area contributed by atoms with Gasteiger partial charge in [-0.05, 0) is 81.8 Å². The number of para-hydroxylation sites is 1. The van der Waals surface area contributed by atoms with Crippen molar-refractivity contribution in [3.63, 3.8) is 0 Å². The van der Waals surface area contributed by atoms with E-state index in [0.717, 1.165) is 35.4 Å². The lowest BCUT2D eigenvalue weighted by Gasteiger charge is -2.21. The van der Waals surface area contributed by atoms with Gasteiger partial charge in [-0.15, -0.1) is 0 Å². The van der Waals surface area contributed by atoms with Crippen LogP contribution in [-0.4, -0.2) is 54.7 Å². The Bertz CT molecular complexity index is 1630. The molecule has 2 atom stereocenters. The normalized spacial score (nSPS) is 11.5. The van der Waals surface area contributed by atoms with Gasteiger partial charge in [0.15, 0.2) is 6.61 Å². The average Bonchev–Trinajstić information content (AvgIpc) is 3.15. The van der Waals surface area contributed by atoms with E-state index in [9.17, 15) is 32.7 Å². The van der Waals surface area contributed by atoms with Crippen LogP contribution in [0.4, 0.5) is 13.2 Å². The van der Waals surface area contributed by atoms with Crippen LogP contribution in [0.3, 0.4) is 0 Å². The number of rotatable bonds is 13. The summed E-state index contributed by atoms with van der Waals surface area (Å²) in [5.41, 5.74) is 3.59. The van der Waals surface area contributed by atoms with Crippen LogP contribution in [0.5, 0.6) is 5.75 Å². The second-order valence-electron chi connectivity index (χ2n) is 13.1. The Labute approximate surface area is 324 Å². The van der Waals surface area contributed by atoms with Gasteiger partial charge >= 0.3 is 6.18 Å². The summed E-state index contributed by atoms with van der Waals surface area (Å²) in [6.45, 7) is 15.5. The molecule has 0 heterocycles. The molecule has 0 aromatic heterocycles. The van der Waals surface area contributed by atoms with Crippen molar-refractivity contribution in [2.45, 2.75) is 86.6 Å². The molecule has 0 saturated carbocycles. The molecule has 0 unspecified atom stereocenters. The van der Waals surface area contributed by atoms with E-state index >= 15 is 0 Å². The lowest BCUT2D eigenvalue weighted by molar-refractivity contribution is -0.137. The standard InChI is InChI=1S/C28H36F3N3O5.2C7H8.C2H6/c1-17(2)14-23(34-26(37)20-8-10-21(11-9-20)28(29,30)31)27(38)33-15-22(35)12-13-32-24(36)16-39-25-18(3)6-5-7-19(25)4;2*1-7-5-3-2-4-6-7;1-2/h5-11,17,22-23,35H,12-16H2,1-4H3,(H,32,36)(H,33,38)(H,34,37);2*2-6H,1H3;1-2H3/t22-,23-;;;/m0.../s1. The van der Waals surface area contributed by atoms with Crippen molar-refractivity contribution >= 4 is 17.7 Å². The zero-order valence-corrected chi connectivity index (χ0v) is 33.3. The fourth-order valence-electron chi connectivity index (χ4n) is 4.86. The quantitative estimate of drug-likeness (QED) is 0.109. The molecule has 3 amide bonds. The maximum atomic E-state index is 12.8. The number of aliphatic hydroxyl groups excluding tert-OH is 1. The van der Waals surface area contributed by atoms with Gasteiger partial charge in [0.25, 0.3) is 11.8 Å². The van der Waals surface area contributed by atoms with Crippen molar-refractivity contribution < 1.29 is 37.4 Å². The second-order valence-corrected chi connectivity index (χ2v) is 13.1. The predicted molar refractivity (Wildman–Crippen MR) is 214 cm³/mol. The number of alkyl halides is 3. The Morgan fingerprint density at radius 3 is 1.67 bits per heavy atom. The minimum absolute atomic E-state index is 0.0121. The Hall–Kier alpha value is -5.16. The summed E-state index contributed by atoms with van der Waals surface area (Å²) in [4.78, 5) is 37.4. The molecule has 0 aliphatic rings. The van der Waals surface area contributed by atoms with Crippen LogP contribution in [0.2, 0.25) is 0 Å². The number of carbonyl (C=O) groups is 3. The molecule has 4 N–H and O–H groups in total. The van der Waals surface area contributed by atoms with Gasteiger partial charge in [0.05, 0.1) is 11.7 Å². The van der Waals surface area contributed by atoms with Crippen LogP contribution in [-0.2, 0) is 15.8 Å². The van der Waals surface area contributed by atoms with Gasteiger partial charge in [-0.25, -0.2) is 0 Å². The molecule has 0 fully saturated rings. The first kappa shape index (κ1) is 47.9. The zero-order chi connectivity index (χ0) is 41.4. The smallest absolute Gasteiger partial charge is 0.416 e. The first-order chi connectivity index (χ1) is 26.1. The second kappa shape index (κ2) is 25.8. The van der Waals surface area contributed by atoms with E-state index in [1.165, 1.54) is 11.1 Å². The van der Waals surface area contributed by atoms with Crippen LogP contribution >= 0.6 is 0 Å². The molecule has 8 nitrogen and oxygen atoms in total. The molecular formula is C44H58F3N3O5. The lowest BCUT2D eigenvalue weighted by atomic mass is 10.0. The average molecular weight is 766 g/mol. The number of hydrogen-bond donors (Lipinski definition) is 4. The highest BCUT2D eigenvalue weighted by atomic mass is 19.4. The van der Waals surface area contributed by atoms with Gasteiger partial charge in [0, 0.05) is 18.7 Å². The topological polar surface area (TPSA) is 117 Å². The number of aliphatic hydroxyl groups is 1. The third kappa shape index (κ3) is 20.2. The molecule has 0 spiro atoms. The van der Waals surface area contributed by atoms with Crippen LogP contribution in [0.25, 0.3) is 0 Å². The predicted octanol–water partition coefficient (Wildman–Crippen LogP) is 8.55. The molecule has 0 radical (unpaired) electrons. The number of benzene rings is 4. The van der Waals surface area contributed by atoms with Gasteiger partial charge in [0.2, 0.25) is 5.91 Å². The van der Waals surface area contributed by atoms with Crippen molar-refractivity contribution in [2.75, 3.05) is 19.7 Å². The highest BCUT2D eigenvalue weighted by molar-refractivity contribution is 5.97. The summed E-state index contributed by atoms with van der Waals surface area (Å²) >= 11 is 0. The van der Waals surface area contributed by atoms with E-state index in [1.807, 2.05) is 96.1 Å². The highest BCUT2D eigenvalue weighted by Crippen LogP contribution is 2.29. The first-order valence-electron chi connectivity index (χ1n) is 18.5. The van der Waals surface area contributed by atoms with Crippen LogP contribution in [0.1, 0.15) is 78.7 Å². The van der Waals surface area contributed by atoms with Crippen molar-refractivity contribution in [1.29, 1.82) is 0 Å². The summed E-state index contributed by atoms with van der Waals surface area (Å²) in [6.07, 6.45) is -5.03. The Balaban J connectivity index is 0.000000773. The molecule has 0 bridgehead atoms. The Morgan fingerprint density at radius 2 is 1.24 bits per heavy atom. The van der Waals surface area contributed by atoms with Gasteiger partial charge < -0.3 is 25.8 Å². The number of carbonyl (C=O) groups excluding carboxylic acids is 3. The zero-order valence-electron chi connectivity index (χ0n) is 33.3. The van der Waals surface area contributed by atoms with Gasteiger partial charge in [-0.1, -0.05) is 118 Å². The third-order valence-corrected chi connectivity index (χ3v) is 7.75. The number of nitrogens with one attached hydrogen (secondary N) is 3. The van der Waals surface area contributed by atoms with Crippen LogP contribution in [0, 0.1) is 33.6 Å². The van der Waals surface area contributed by atoms with E-state index in [1.54, 1.807) is 0 Å².